The normalized spacial score (nSPS) is 16.4. The largest absolute Gasteiger partial charge is 0.385 e. The summed E-state index contributed by atoms with van der Waals surface area (Å²) in [5.74, 6) is -0.936. The fourth-order valence-electron chi connectivity index (χ4n) is 1.69. The molecule has 0 aromatic rings. The first-order valence-corrected chi connectivity index (χ1v) is 6.02. The van der Waals surface area contributed by atoms with Crippen LogP contribution in [0.2, 0.25) is 0 Å². The molecule has 2 amide bonds. The summed E-state index contributed by atoms with van der Waals surface area (Å²) >= 11 is 0. The summed E-state index contributed by atoms with van der Waals surface area (Å²) in [6.07, 6.45) is 1.61. The Bertz CT molecular complexity index is 250. The van der Waals surface area contributed by atoms with Crippen molar-refractivity contribution in [2.24, 2.45) is 0 Å². The predicted molar refractivity (Wildman–Crippen MR) is 63.6 cm³/mol. The van der Waals surface area contributed by atoms with Gasteiger partial charge in [0.15, 0.2) is 0 Å². The van der Waals surface area contributed by atoms with E-state index in [9.17, 15) is 9.59 Å². The van der Waals surface area contributed by atoms with Gasteiger partial charge in [-0.1, -0.05) is 0 Å². The Hall–Kier alpha value is -1.14. The van der Waals surface area contributed by atoms with E-state index in [0.29, 0.717) is 26.2 Å². The van der Waals surface area contributed by atoms with Gasteiger partial charge in [0.05, 0.1) is 0 Å². The molecule has 0 aliphatic carbocycles. The third-order valence-electron chi connectivity index (χ3n) is 2.63. The van der Waals surface area contributed by atoms with Crippen molar-refractivity contribution in [2.75, 3.05) is 46.4 Å². The molecule has 0 aromatic carbocycles. The van der Waals surface area contributed by atoms with Gasteiger partial charge in [0.1, 0.15) is 0 Å². The van der Waals surface area contributed by atoms with Crippen LogP contribution in [0.4, 0.5) is 0 Å². The van der Waals surface area contributed by atoms with E-state index in [1.54, 1.807) is 12.0 Å². The third kappa shape index (κ3) is 5.14. The van der Waals surface area contributed by atoms with E-state index >= 15 is 0 Å². The zero-order valence-electron chi connectivity index (χ0n) is 10.3. The van der Waals surface area contributed by atoms with Crippen LogP contribution in [0.3, 0.4) is 0 Å². The van der Waals surface area contributed by atoms with Crippen molar-refractivity contribution < 1.29 is 14.3 Å². The summed E-state index contributed by atoms with van der Waals surface area (Å²) in [6, 6.07) is 0. The van der Waals surface area contributed by atoms with Crippen molar-refractivity contribution in [3.63, 3.8) is 0 Å². The van der Waals surface area contributed by atoms with Crippen LogP contribution >= 0.6 is 0 Å². The number of ether oxygens (including phenoxy) is 1. The molecule has 1 aliphatic heterocycles. The van der Waals surface area contributed by atoms with Gasteiger partial charge < -0.3 is 20.3 Å². The van der Waals surface area contributed by atoms with Crippen LogP contribution in [0.15, 0.2) is 0 Å². The fourth-order valence-corrected chi connectivity index (χ4v) is 1.69. The Labute approximate surface area is 102 Å². The second-order valence-corrected chi connectivity index (χ2v) is 4.00. The zero-order chi connectivity index (χ0) is 12.5. The molecule has 0 atom stereocenters. The van der Waals surface area contributed by atoms with Gasteiger partial charge in [0.2, 0.25) is 0 Å². The number of nitrogens with zero attached hydrogens (tertiary/aromatic N) is 1. The first-order valence-electron chi connectivity index (χ1n) is 6.02. The minimum atomic E-state index is -0.511. The lowest BCUT2D eigenvalue weighted by molar-refractivity contribution is -0.145. The molecule has 6 nitrogen and oxygen atoms in total. The molecule has 1 saturated heterocycles. The standard InChI is InChI=1S/C11H21N3O3/c1-17-9-3-5-13-10(15)11(16)14-7-2-4-12-6-8-14/h12H,2-9H2,1H3,(H,13,15). The van der Waals surface area contributed by atoms with E-state index in [1.807, 2.05) is 0 Å². The number of nitrogens with one attached hydrogen (secondary N) is 2. The molecule has 0 radical (unpaired) electrons. The lowest BCUT2D eigenvalue weighted by atomic mass is 10.3. The van der Waals surface area contributed by atoms with Crippen LogP contribution in [-0.4, -0.2) is 63.2 Å². The molecule has 6 heteroatoms. The lowest BCUT2D eigenvalue weighted by Crippen LogP contribution is -2.44. The zero-order valence-corrected chi connectivity index (χ0v) is 10.3. The lowest BCUT2D eigenvalue weighted by Gasteiger charge is -2.19. The van der Waals surface area contributed by atoms with E-state index in [-0.39, 0.29) is 0 Å². The molecule has 0 aromatic heterocycles. The number of carbonyl (C=O) groups is 2. The minimum Gasteiger partial charge on any atom is -0.385 e. The summed E-state index contributed by atoms with van der Waals surface area (Å²) in [6.45, 7) is 3.97. The van der Waals surface area contributed by atoms with E-state index < -0.39 is 11.8 Å². The van der Waals surface area contributed by atoms with Gasteiger partial charge in [-0.15, -0.1) is 0 Å². The van der Waals surface area contributed by atoms with E-state index in [2.05, 4.69) is 10.6 Å². The van der Waals surface area contributed by atoms with Crippen LogP contribution in [0.5, 0.6) is 0 Å². The Morgan fingerprint density at radius 1 is 1.35 bits per heavy atom. The molecule has 17 heavy (non-hydrogen) atoms. The number of rotatable bonds is 4. The molecule has 0 spiro atoms. The van der Waals surface area contributed by atoms with Crippen LogP contribution in [0.1, 0.15) is 12.8 Å². The number of methoxy groups -OCH3 is 1. The molecule has 0 saturated carbocycles. The number of hydrogen-bond donors (Lipinski definition) is 2. The van der Waals surface area contributed by atoms with Crippen molar-refractivity contribution in [1.29, 1.82) is 0 Å². The van der Waals surface area contributed by atoms with Crippen LogP contribution in [-0.2, 0) is 14.3 Å². The molecule has 1 aliphatic rings. The van der Waals surface area contributed by atoms with E-state index in [0.717, 1.165) is 25.9 Å². The molecule has 98 valence electrons. The Balaban J connectivity index is 2.27. The quantitative estimate of drug-likeness (QED) is 0.489. The highest BCUT2D eigenvalue weighted by atomic mass is 16.5. The number of amides is 2. The van der Waals surface area contributed by atoms with Crippen molar-refractivity contribution in [3.8, 4) is 0 Å². The highest BCUT2D eigenvalue weighted by Crippen LogP contribution is 1.96. The first kappa shape index (κ1) is 13.9. The topological polar surface area (TPSA) is 70.7 Å². The highest BCUT2D eigenvalue weighted by Gasteiger charge is 2.21. The second kappa shape index (κ2) is 8.03. The van der Waals surface area contributed by atoms with Gasteiger partial charge >= 0.3 is 11.8 Å². The second-order valence-electron chi connectivity index (χ2n) is 4.00. The molecule has 1 heterocycles. The van der Waals surface area contributed by atoms with Crippen LogP contribution in [0, 0.1) is 0 Å². The average molecular weight is 243 g/mol. The molecule has 0 unspecified atom stereocenters. The predicted octanol–water partition coefficient (Wildman–Crippen LogP) is -1.04. The van der Waals surface area contributed by atoms with Gasteiger partial charge in [-0.3, -0.25) is 9.59 Å². The van der Waals surface area contributed by atoms with E-state index in [4.69, 9.17) is 4.74 Å². The maximum atomic E-state index is 11.8. The monoisotopic (exact) mass is 243 g/mol. The molecule has 2 N–H and O–H groups in total. The fraction of sp³-hybridized carbons (Fsp3) is 0.818. The SMILES string of the molecule is COCCCNC(=O)C(=O)N1CCCNCC1. The smallest absolute Gasteiger partial charge is 0.311 e. The molecular formula is C11H21N3O3. The highest BCUT2D eigenvalue weighted by molar-refractivity contribution is 6.35. The van der Waals surface area contributed by atoms with Crippen molar-refractivity contribution in [1.82, 2.24) is 15.5 Å². The molecule has 1 rings (SSSR count). The van der Waals surface area contributed by atoms with Crippen LogP contribution in [0.25, 0.3) is 0 Å². The molecular weight excluding hydrogens is 222 g/mol. The third-order valence-corrected chi connectivity index (χ3v) is 2.63. The summed E-state index contributed by atoms with van der Waals surface area (Å²) in [5.41, 5.74) is 0. The van der Waals surface area contributed by atoms with Gasteiger partial charge in [-0.2, -0.15) is 0 Å². The summed E-state index contributed by atoms with van der Waals surface area (Å²) in [4.78, 5) is 24.9. The summed E-state index contributed by atoms with van der Waals surface area (Å²) < 4.78 is 4.86. The van der Waals surface area contributed by atoms with Gasteiger partial charge in [0.25, 0.3) is 0 Å². The minimum absolute atomic E-state index is 0.425. The summed E-state index contributed by atoms with van der Waals surface area (Å²) in [5, 5.41) is 5.79. The Morgan fingerprint density at radius 3 is 2.94 bits per heavy atom. The maximum absolute atomic E-state index is 11.8. The van der Waals surface area contributed by atoms with Gasteiger partial charge in [0, 0.05) is 39.9 Å². The Morgan fingerprint density at radius 2 is 2.18 bits per heavy atom. The van der Waals surface area contributed by atoms with Crippen molar-refractivity contribution in [2.45, 2.75) is 12.8 Å². The average Bonchev–Trinajstić information content (AvgIpc) is 2.62. The molecule has 0 bridgehead atoms. The maximum Gasteiger partial charge on any atom is 0.311 e. The number of hydrogen-bond acceptors (Lipinski definition) is 4. The van der Waals surface area contributed by atoms with Crippen LogP contribution < -0.4 is 10.6 Å². The first-order chi connectivity index (χ1) is 8.25. The van der Waals surface area contributed by atoms with Gasteiger partial charge in [-0.25, -0.2) is 0 Å². The number of carbonyl (C=O) groups excluding carboxylic acids is 2. The molecule has 1 fully saturated rings. The summed E-state index contributed by atoms with van der Waals surface area (Å²) in [7, 11) is 1.61. The Kier molecular flexibility index (Phi) is 6.57. The van der Waals surface area contributed by atoms with Crippen molar-refractivity contribution >= 4 is 11.8 Å². The van der Waals surface area contributed by atoms with E-state index in [1.165, 1.54) is 0 Å². The van der Waals surface area contributed by atoms with Gasteiger partial charge in [-0.05, 0) is 19.4 Å². The van der Waals surface area contributed by atoms with Crippen molar-refractivity contribution in [3.05, 3.63) is 0 Å².